The highest BCUT2D eigenvalue weighted by Crippen LogP contribution is 2.20. The van der Waals surface area contributed by atoms with E-state index < -0.39 is 0 Å². The molecule has 2 rings (SSSR count). The van der Waals surface area contributed by atoms with E-state index in [1.807, 2.05) is 49.6 Å². The predicted molar refractivity (Wildman–Crippen MR) is 108 cm³/mol. The first-order valence-electron chi connectivity index (χ1n) is 8.63. The van der Waals surface area contributed by atoms with E-state index in [-0.39, 0.29) is 12.7 Å². The average Bonchev–Trinajstić information content (AvgIpc) is 3.06. The highest BCUT2D eigenvalue weighted by molar-refractivity contribution is 7.09. The third kappa shape index (κ3) is 6.41. The van der Waals surface area contributed by atoms with Crippen molar-refractivity contribution in [3.8, 4) is 5.75 Å². The van der Waals surface area contributed by atoms with Gasteiger partial charge in [0.15, 0.2) is 0 Å². The van der Waals surface area contributed by atoms with E-state index in [2.05, 4.69) is 18.0 Å². The predicted octanol–water partition coefficient (Wildman–Crippen LogP) is 4.78. The molecule has 0 bridgehead atoms. The quantitative estimate of drug-likeness (QED) is 0.643. The minimum Gasteiger partial charge on any atom is -0.497 e. The molecular formula is C21H27NO3S. The standard InChI is InChI=1S/C21H27NO3S/c1-15(12-23)5-10-21(16(2)11-19-14-26-17(3)22-19)25-13-18-6-8-20(24-4)9-7-18/h5-9,11,14,21,23H,10,12-13H2,1-4H3/b15-5+,16-11+/t21-/m0/s1. The molecule has 4 nitrogen and oxygen atoms in total. The molecule has 140 valence electrons. The Balaban J connectivity index is 2.10. The van der Waals surface area contributed by atoms with Crippen molar-refractivity contribution in [1.82, 2.24) is 4.98 Å². The number of aryl methyl sites for hydroxylation is 1. The van der Waals surface area contributed by atoms with E-state index in [0.717, 1.165) is 33.2 Å². The van der Waals surface area contributed by atoms with Gasteiger partial charge in [-0.2, -0.15) is 0 Å². The fraction of sp³-hybridized carbons (Fsp3) is 0.381. The zero-order valence-corrected chi connectivity index (χ0v) is 16.7. The van der Waals surface area contributed by atoms with E-state index in [9.17, 15) is 5.11 Å². The van der Waals surface area contributed by atoms with E-state index in [1.54, 1.807) is 18.4 Å². The third-order valence-electron chi connectivity index (χ3n) is 4.06. The van der Waals surface area contributed by atoms with Gasteiger partial charge in [0.2, 0.25) is 0 Å². The van der Waals surface area contributed by atoms with E-state index in [0.29, 0.717) is 13.0 Å². The summed E-state index contributed by atoms with van der Waals surface area (Å²) in [5.41, 5.74) is 4.12. The molecule has 1 N–H and O–H groups in total. The van der Waals surface area contributed by atoms with Gasteiger partial charge in [0.05, 0.1) is 37.1 Å². The lowest BCUT2D eigenvalue weighted by molar-refractivity contribution is 0.0668. The third-order valence-corrected chi connectivity index (χ3v) is 4.85. The fourth-order valence-corrected chi connectivity index (χ4v) is 3.02. The molecule has 0 aliphatic rings. The summed E-state index contributed by atoms with van der Waals surface area (Å²) >= 11 is 1.64. The number of hydrogen-bond acceptors (Lipinski definition) is 5. The van der Waals surface area contributed by atoms with Gasteiger partial charge in [-0.15, -0.1) is 11.3 Å². The molecule has 0 fully saturated rings. The summed E-state index contributed by atoms with van der Waals surface area (Å²) in [7, 11) is 1.66. The Morgan fingerprint density at radius 3 is 2.58 bits per heavy atom. The van der Waals surface area contributed by atoms with Gasteiger partial charge < -0.3 is 14.6 Å². The number of hydrogen-bond donors (Lipinski definition) is 1. The zero-order chi connectivity index (χ0) is 18.9. The molecule has 0 amide bonds. The number of nitrogens with zero attached hydrogens (tertiary/aromatic N) is 1. The summed E-state index contributed by atoms with van der Waals surface area (Å²) in [6.07, 6.45) is 4.75. The fourth-order valence-electron chi connectivity index (χ4n) is 2.45. The van der Waals surface area contributed by atoms with E-state index in [4.69, 9.17) is 9.47 Å². The van der Waals surface area contributed by atoms with Crippen molar-refractivity contribution < 1.29 is 14.6 Å². The summed E-state index contributed by atoms with van der Waals surface area (Å²) < 4.78 is 11.4. The van der Waals surface area contributed by atoms with Crippen molar-refractivity contribution >= 4 is 17.4 Å². The second kappa shape index (κ2) is 10.3. The van der Waals surface area contributed by atoms with Gasteiger partial charge in [-0.25, -0.2) is 4.98 Å². The first-order chi connectivity index (χ1) is 12.5. The number of aliphatic hydroxyl groups is 1. The maximum atomic E-state index is 9.24. The number of rotatable bonds is 9. The minimum absolute atomic E-state index is 0.0687. The van der Waals surface area contributed by atoms with Gasteiger partial charge in [0.1, 0.15) is 5.75 Å². The van der Waals surface area contributed by atoms with Crippen LogP contribution in [0.1, 0.15) is 36.5 Å². The largest absolute Gasteiger partial charge is 0.497 e. The van der Waals surface area contributed by atoms with Crippen molar-refractivity contribution in [1.29, 1.82) is 0 Å². The molecule has 2 aromatic rings. The van der Waals surface area contributed by atoms with Crippen LogP contribution in [0.2, 0.25) is 0 Å². The van der Waals surface area contributed by atoms with Crippen LogP contribution < -0.4 is 4.74 Å². The Labute approximate surface area is 159 Å². The number of methoxy groups -OCH3 is 1. The van der Waals surface area contributed by atoms with Crippen molar-refractivity contribution in [3.63, 3.8) is 0 Å². The Hall–Kier alpha value is -1.95. The SMILES string of the molecule is COc1ccc(CO[C@@H](C/C=C(\C)CO)/C(C)=C/c2csc(C)n2)cc1. The molecule has 0 aliphatic carbocycles. The molecule has 26 heavy (non-hydrogen) atoms. The first-order valence-corrected chi connectivity index (χ1v) is 9.51. The van der Waals surface area contributed by atoms with Gasteiger partial charge in [-0.1, -0.05) is 23.8 Å². The van der Waals surface area contributed by atoms with Crippen LogP contribution in [0.25, 0.3) is 6.08 Å². The van der Waals surface area contributed by atoms with E-state index in [1.165, 1.54) is 0 Å². The summed E-state index contributed by atoms with van der Waals surface area (Å²) in [4.78, 5) is 4.50. The molecule has 0 spiro atoms. The number of ether oxygens (including phenoxy) is 2. The lowest BCUT2D eigenvalue weighted by Gasteiger charge is -2.18. The molecule has 0 unspecified atom stereocenters. The minimum atomic E-state index is -0.0689. The monoisotopic (exact) mass is 373 g/mol. The molecule has 5 heteroatoms. The van der Waals surface area contributed by atoms with Crippen LogP contribution in [0.3, 0.4) is 0 Å². The molecule has 1 aromatic heterocycles. The van der Waals surface area contributed by atoms with Crippen molar-refractivity contribution in [2.24, 2.45) is 0 Å². The summed E-state index contributed by atoms with van der Waals surface area (Å²) in [6.45, 7) is 6.57. The van der Waals surface area contributed by atoms with Crippen LogP contribution in [0.4, 0.5) is 0 Å². The van der Waals surface area contributed by atoms with Gasteiger partial charge in [0.25, 0.3) is 0 Å². The summed E-state index contributed by atoms with van der Waals surface area (Å²) in [5, 5.41) is 12.3. The molecule has 1 heterocycles. The van der Waals surface area contributed by atoms with Crippen molar-refractivity contribution in [2.75, 3.05) is 13.7 Å². The smallest absolute Gasteiger partial charge is 0.118 e. The summed E-state index contributed by atoms with van der Waals surface area (Å²) in [5.74, 6) is 0.835. The van der Waals surface area contributed by atoms with Gasteiger partial charge in [-0.3, -0.25) is 0 Å². The second-order valence-corrected chi connectivity index (χ2v) is 7.33. The van der Waals surface area contributed by atoms with Crippen LogP contribution in [0.5, 0.6) is 5.75 Å². The molecule has 0 saturated heterocycles. The van der Waals surface area contributed by atoms with Gasteiger partial charge in [-0.05, 0) is 56.5 Å². The Morgan fingerprint density at radius 2 is 2.00 bits per heavy atom. The maximum Gasteiger partial charge on any atom is 0.118 e. The van der Waals surface area contributed by atoms with Crippen LogP contribution >= 0.6 is 11.3 Å². The molecular weight excluding hydrogens is 346 g/mol. The number of aromatic nitrogens is 1. The lowest BCUT2D eigenvalue weighted by Crippen LogP contribution is -2.14. The van der Waals surface area contributed by atoms with Gasteiger partial charge in [0, 0.05) is 5.38 Å². The topological polar surface area (TPSA) is 51.6 Å². The highest BCUT2D eigenvalue weighted by atomic mass is 32.1. The molecule has 0 saturated carbocycles. The Kier molecular flexibility index (Phi) is 8.04. The Morgan fingerprint density at radius 1 is 1.27 bits per heavy atom. The highest BCUT2D eigenvalue weighted by Gasteiger charge is 2.12. The Bertz CT molecular complexity index is 747. The van der Waals surface area contributed by atoms with Crippen molar-refractivity contribution in [2.45, 2.75) is 39.9 Å². The molecule has 0 radical (unpaired) electrons. The van der Waals surface area contributed by atoms with Crippen LogP contribution in [0, 0.1) is 6.92 Å². The summed E-state index contributed by atoms with van der Waals surface area (Å²) in [6, 6.07) is 7.88. The lowest BCUT2D eigenvalue weighted by atomic mass is 10.1. The van der Waals surface area contributed by atoms with Crippen LogP contribution in [0.15, 0.2) is 46.9 Å². The molecule has 1 atom stereocenters. The second-order valence-electron chi connectivity index (χ2n) is 6.27. The molecule has 0 aliphatic heterocycles. The normalized spacial score (nSPS) is 13.7. The van der Waals surface area contributed by atoms with Crippen LogP contribution in [-0.4, -0.2) is 29.9 Å². The zero-order valence-electron chi connectivity index (χ0n) is 15.9. The maximum absolute atomic E-state index is 9.24. The number of benzene rings is 1. The van der Waals surface area contributed by atoms with Crippen molar-refractivity contribution in [3.05, 3.63) is 63.1 Å². The van der Waals surface area contributed by atoms with E-state index >= 15 is 0 Å². The number of thiazole rings is 1. The first kappa shape index (κ1) is 20.4. The number of aliphatic hydroxyl groups excluding tert-OH is 1. The van der Waals surface area contributed by atoms with Gasteiger partial charge >= 0.3 is 0 Å². The average molecular weight is 374 g/mol. The van der Waals surface area contributed by atoms with Crippen LogP contribution in [-0.2, 0) is 11.3 Å². The molecule has 1 aromatic carbocycles.